The molecule has 1 aromatic carbocycles. The fraction of sp³-hybridized carbons (Fsp3) is 0.600. The Balaban J connectivity index is 1.36. The number of nitrogens with zero attached hydrogens (tertiary/aromatic N) is 2. The summed E-state index contributed by atoms with van der Waals surface area (Å²) in [5.74, 6) is -0.958. The highest BCUT2D eigenvalue weighted by atomic mass is 35.5. The van der Waals surface area contributed by atoms with Crippen molar-refractivity contribution in [2.45, 2.75) is 88.0 Å². The van der Waals surface area contributed by atoms with E-state index >= 15 is 0 Å². The van der Waals surface area contributed by atoms with Gasteiger partial charge in [0.05, 0.1) is 25.4 Å². The second-order valence-electron chi connectivity index (χ2n) is 11.6. The fourth-order valence-electron chi connectivity index (χ4n) is 6.58. The molecule has 1 N–H and O–H groups in total. The number of nitrogens with one attached hydrogen (secondary N) is 1. The van der Waals surface area contributed by atoms with Crippen LogP contribution in [0.4, 0.5) is 0 Å². The molecule has 2 saturated carbocycles. The summed E-state index contributed by atoms with van der Waals surface area (Å²) < 4.78 is 54.9. The highest BCUT2D eigenvalue weighted by Crippen LogP contribution is 2.61. The second-order valence-corrected chi connectivity index (χ2v) is 12.8. The van der Waals surface area contributed by atoms with Gasteiger partial charge >= 0.3 is 0 Å². The maximum absolute atomic E-state index is 14.3. The Morgan fingerprint density at radius 1 is 1.23 bits per heavy atom. The molecule has 4 aliphatic rings. The van der Waals surface area contributed by atoms with E-state index < -0.39 is 30.6 Å². The molecule has 0 bridgehead atoms. The number of halogens is 1. The Morgan fingerprint density at radius 2 is 1.92 bits per heavy atom. The first-order valence-electron chi connectivity index (χ1n) is 16.0. The number of hydrogen-bond acceptors (Lipinski definition) is 6. The SMILES string of the molecule is [2H]C([2H])([2H])N(C)C1CCC([C@]2(C)Oc3c(C)c4c(c(Cl)c3O2)C2(CC2)C([2H])([2H])N(Cc2c(SC)cc(C)[nH]c2=O)C4=O)CC1. The van der Waals surface area contributed by atoms with Crippen molar-refractivity contribution in [3.8, 4) is 11.5 Å². The van der Waals surface area contributed by atoms with E-state index in [2.05, 4.69) is 4.98 Å². The van der Waals surface area contributed by atoms with Crippen LogP contribution in [0.5, 0.6) is 11.5 Å². The summed E-state index contributed by atoms with van der Waals surface area (Å²) in [4.78, 5) is 33.5. The summed E-state index contributed by atoms with van der Waals surface area (Å²) in [6, 6.07) is 1.76. The third kappa shape index (κ3) is 4.29. The Labute approximate surface area is 246 Å². The number of rotatable bonds is 5. The van der Waals surface area contributed by atoms with Crippen molar-refractivity contribution >= 4 is 29.3 Å². The number of amides is 1. The molecule has 0 unspecified atom stereocenters. The third-order valence-electron chi connectivity index (χ3n) is 8.99. The van der Waals surface area contributed by atoms with E-state index in [0.29, 0.717) is 82.9 Å². The maximum Gasteiger partial charge on any atom is 0.254 e. The van der Waals surface area contributed by atoms with E-state index in [1.165, 1.54) is 21.6 Å². The minimum absolute atomic E-state index is 0.0459. The van der Waals surface area contributed by atoms with Gasteiger partial charge in [-0.1, -0.05) is 11.6 Å². The van der Waals surface area contributed by atoms with E-state index in [1.807, 2.05) is 19.2 Å². The molecule has 3 heterocycles. The lowest BCUT2D eigenvalue weighted by Gasteiger charge is -2.39. The average Bonchev–Trinajstić information content (AvgIpc) is 3.68. The van der Waals surface area contributed by atoms with Gasteiger partial charge in [-0.05, 0) is 84.3 Å². The normalized spacial score (nSPS) is 30.4. The van der Waals surface area contributed by atoms with Crippen LogP contribution in [0.2, 0.25) is 5.02 Å². The summed E-state index contributed by atoms with van der Waals surface area (Å²) in [5.41, 5.74) is 0.965. The van der Waals surface area contributed by atoms with E-state index in [1.54, 1.807) is 20.9 Å². The van der Waals surface area contributed by atoms with Crippen molar-refractivity contribution < 1.29 is 21.1 Å². The molecule has 2 fully saturated rings. The van der Waals surface area contributed by atoms with Crippen LogP contribution in [-0.4, -0.2) is 59.3 Å². The molecule has 1 spiro atoms. The van der Waals surface area contributed by atoms with E-state index in [-0.39, 0.29) is 29.1 Å². The topological polar surface area (TPSA) is 74.9 Å². The average molecular weight is 577 g/mol. The lowest BCUT2D eigenvalue weighted by molar-refractivity contribution is -0.123. The number of aromatic nitrogens is 1. The number of ether oxygens (including phenoxy) is 2. The summed E-state index contributed by atoms with van der Waals surface area (Å²) in [6.07, 6.45) is 5.56. The van der Waals surface area contributed by atoms with Crippen LogP contribution in [-0.2, 0) is 12.0 Å². The number of H-pyrrole nitrogens is 1. The molecule has 0 radical (unpaired) electrons. The number of aromatic amines is 1. The summed E-state index contributed by atoms with van der Waals surface area (Å²) in [6.45, 7) is 0.975. The van der Waals surface area contributed by atoms with E-state index in [9.17, 15) is 12.3 Å². The molecule has 0 saturated heterocycles. The van der Waals surface area contributed by atoms with Crippen LogP contribution in [0, 0.1) is 19.8 Å². The van der Waals surface area contributed by atoms with E-state index in [0.717, 1.165) is 0 Å². The van der Waals surface area contributed by atoms with Gasteiger partial charge in [-0.3, -0.25) is 9.59 Å². The van der Waals surface area contributed by atoms with Crippen molar-refractivity contribution in [1.29, 1.82) is 0 Å². The Bertz CT molecular complexity index is 1600. The van der Waals surface area contributed by atoms with Gasteiger partial charge in [0.2, 0.25) is 0 Å². The number of carbonyl (C=O) groups excluding carboxylic acids is 1. The number of aryl methyl sites for hydroxylation is 1. The lowest BCUT2D eigenvalue weighted by atomic mass is 9.81. The molecular weight excluding hydrogens is 534 g/mol. The molecule has 39 heavy (non-hydrogen) atoms. The van der Waals surface area contributed by atoms with Gasteiger partial charge in [0, 0.05) is 51.1 Å². The quantitative estimate of drug-likeness (QED) is 0.463. The van der Waals surface area contributed by atoms with Gasteiger partial charge < -0.3 is 24.3 Å². The van der Waals surface area contributed by atoms with Crippen LogP contribution < -0.4 is 15.0 Å². The van der Waals surface area contributed by atoms with Crippen LogP contribution in [0.3, 0.4) is 0 Å². The van der Waals surface area contributed by atoms with Crippen LogP contribution in [0.1, 0.15) is 85.0 Å². The number of fused-ring (bicyclic) bond motifs is 3. The predicted molar refractivity (Wildman–Crippen MR) is 155 cm³/mol. The lowest BCUT2D eigenvalue weighted by Crippen LogP contribution is -2.46. The molecule has 2 aromatic rings. The molecule has 1 aromatic heterocycles. The summed E-state index contributed by atoms with van der Waals surface area (Å²) in [7, 11) is 1.63. The fourth-order valence-corrected chi connectivity index (χ4v) is 7.68. The van der Waals surface area contributed by atoms with Gasteiger partial charge in [-0.2, -0.15) is 0 Å². The first-order valence-corrected chi connectivity index (χ1v) is 15.1. The van der Waals surface area contributed by atoms with Crippen molar-refractivity contribution in [2.24, 2.45) is 5.92 Å². The molecule has 210 valence electrons. The second kappa shape index (κ2) is 9.45. The molecule has 6 rings (SSSR count). The van der Waals surface area contributed by atoms with Crippen molar-refractivity contribution in [2.75, 3.05) is 26.8 Å². The third-order valence-corrected chi connectivity index (χ3v) is 10.2. The Morgan fingerprint density at radius 3 is 2.56 bits per heavy atom. The van der Waals surface area contributed by atoms with Gasteiger partial charge in [0.1, 0.15) is 0 Å². The summed E-state index contributed by atoms with van der Waals surface area (Å²) >= 11 is 8.45. The van der Waals surface area contributed by atoms with Gasteiger partial charge in [-0.15, -0.1) is 11.8 Å². The Hall–Kier alpha value is -2.16. The first kappa shape index (κ1) is 21.6. The monoisotopic (exact) mass is 576 g/mol. The van der Waals surface area contributed by atoms with Crippen molar-refractivity contribution in [1.82, 2.24) is 14.8 Å². The van der Waals surface area contributed by atoms with Crippen molar-refractivity contribution in [3.05, 3.63) is 49.4 Å². The number of thioether (sulfide) groups is 1. The standard InChI is InChI=1S/C30H38ClN3O4S/c1-16-13-21(39-6)20(27(35)32-16)14-34-15-30(11-12-30)23-22(28(34)36)17(2)25-26(24(23)31)38-29(3,37-25)18-7-9-19(10-8-18)33(4)5/h13,18-19H,7-12,14-15H2,1-6H3,(H,32,35)/t18?,19?,29-/m1/s1/i4D3,15D2. The number of benzene rings is 1. The molecule has 9 heteroatoms. The number of pyridine rings is 1. The Kier molecular flexibility index (Phi) is 5.23. The molecule has 1 atom stereocenters. The molecule has 2 aliphatic carbocycles. The van der Waals surface area contributed by atoms with Crippen LogP contribution in [0.25, 0.3) is 0 Å². The van der Waals surface area contributed by atoms with Gasteiger partial charge in [0.15, 0.2) is 11.5 Å². The maximum atomic E-state index is 14.3. The summed E-state index contributed by atoms with van der Waals surface area (Å²) in [5, 5.41) is 0.201. The number of hydrogen-bond donors (Lipinski definition) is 1. The van der Waals surface area contributed by atoms with Crippen LogP contribution in [0.15, 0.2) is 15.8 Å². The molecule has 7 nitrogen and oxygen atoms in total. The minimum Gasteiger partial charge on any atom is -0.448 e. The van der Waals surface area contributed by atoms with E-state index in [4.69, 9.17) is 25.2 Å². The zero-order valence-electron chi connectivity index (χ0n) is 28.0. The minimum atomic E-state index is -2.16. The van der Waals surface area contributed by atoms with Gasteiger partial charge in [0.25, 0.3) is 17.3 Å². The smallest absolute Gasteiger partial charge is 0.254 e. The van der Waals surface area contributed by atoms with Crippen molar-refractivity contribution in [3.63, 3.8) is 0 Å². The van der Waals surface area contributed by atoms with Crippen LogP contribution >= 0.6 is 23.4 Å². The van der Waals surface area contributed by atoms with Gasteiger partial charge in [-0.25, -0.2) is 0 Å². The predicted octanol–water partition coefficient (Wildman–Crippen LogP) is 5.66. The molecular formula is C30H38ClN3O4S. The largest absolute Gasteiger partial charge is 0.448 e. The molecule has 2 aliphatic heterocycles. The highest BCUT2D eigenvalue weighted by molar-refractivity contribution is 7.98. The zero-order chi connectivity index (χ0) is 32.1. The number of carbonyl (C=O) groups is 1. The molecule has 1 amide bonds. The zero-order valence-corrected chi connectivity index (χ0v) is 24.6. The highest BCUT2D eigenvalue weighted by Gasteiger charge is 2.56. The first-order chi connectivity index (χ1) is 20.5.